The fraction of sp³-hybridized carbons (Fsp3) is 0.214. The number of aryl methyl sites for hydroxylation is 2. The third kappa shape index (κ3) is 1.14. The zero-order valence-corrected chi connectivity index (χ0v) is 9.25. The molecule has 0 atom stereocenters. The number of aromatic amines is 1. The van der Waals surface area contributed by atoms with E-state index in [9.17, 15) is 4.79 Å². The van der Waals surface area contributed by atoms with E-state index in [0.717, 1.165) is 23.7 Å². The fourth-order valence-corrected chi connectivity index (χ4v) is 2.90. The lowest BCUT2D eigenvalue weighted by Gasteiger charge is -1.99. The summed E-state index contributed by atoms with van der Waals surface area (Å²) in [4.78, 5) is 14.7. The highest BCUT2D eigenvalue weighted by molar-refractivity contribution is 6.07. The van der Waals surface area contributed by atoms with Crippen molar-refractivity contribution in [2.45, 2.75) is 19.3 Å². The van der Waals surface area contributed by atoms with Gasteiger partial charge in [-0.05, 0) is 43.0 Å². The number of rotatable bonds is 0. The van der Waals surface area contributed by atoms with Crippen LogP contribution in [-0.2, 0) is 12.8 Å². The van der Waals surface area contributed by atoms with E-state index in [-0.39, 0.29) is 5.63 Å². The fourth-order valence-electron chi connectivity index (χ4n) is 2.90. The highest BCUT2D eigenvalue weighted by atomic mass is 16.4. The molecular weight excluding hydrogens is 214 g/mol. The van der Waals surface area contributed by atoms with Gasteiger partial charge in [-0.15, -0.1) is 0 Å². The Hall–Kier alpha value is -2.03. The molecule has 1 aliphatic carbocycles. The molecular formula is C14H11NO2. The zero-order chi connectivity index (χ0) is 11.4. The molecule has 0 unspecified atom stereocenters. The molecule has 0 amide bonds. The first-order chi connectivity index (χ1) is 8.33. The highest BCUT2D eigenvalue weighted by Crippen LogP contribution is 2.34. The van der Waals surface area contributed by atoms with Gasteiger partial charge in [0, 0.05) is 28.0 Å². The summed E-state index contributed by atoms with van der Waals surface area (Å²) in [5.74, 6) is 0. The van der Waals surface area contributed by atoms with E-state index in [2.05, 4.69) is 4.98 Å². The van der Waals surface area contributed by atoms with Crippen LogP contribution < -0.4 is 5.63 Å². The van der Waals surface area contributed by atoms with Crippen molar-refractivity contribution in [2.24, 2.45) is 0 Å². The number of H-pyrrole nitrogens is 1. The number of hydrogen-bond donors (Lipinski definition) is 1. The summed E-state index contributed by atoms with van der Waals surface area (Å²) in [6.45, 7) is 0. The maximum atomic E-state index is 11.2. The van der Waals surface area contributed by atoms with Crippen molar-refractivity contribution in [3.8, 4) is 0 Å². The number of benzene rings is 1. The Morgan fingerprint density at radius 2 is 2.06 bits per heavy atom. The van der Waals surface area contributed by atoms with Gasteiger partial charge in [0.1, 0.15) is 5.58 Å². The molecule has 0 bridgehead atoms. The molecule has 1 aromatic carbocycles. The van der Waals surface area contributed by atoms with Crippen molar-refractivity contribution in [2.75, 3.05) is 0 Å². The summed E-state index contributed by atoms with van der Waals surface area (Å²) < 4.78 is 5.23. The van der Waals surface area contributed by atoms with Crippen LogP contribution in [0.2, 0.25) is 0 Å². The van der Waals surface area contributed by atoms with Crippen molar-refractivity contribution in [1.82, 2.24) is 4.98 Å². The smallest absolute Gasteiger partial charge is 0.336 e. The lowest BCUT2D eigenvalue weighted by Crippen LogP contribution is -1.94. The van der Waals surface area contributed by atoms with Gasteiger partial charge in [0.05, 0.1) is 0 Å². The van der Waals surface area contributed by atoms with Crippen molar-refractivity contribution >= 4 is 21.9 Å². The predicted molar refractivity (Wildman–Crippen MR) is 66.4 cm³/mol. The number of fused-ring (bicyclic) bond motifs is 5. The van der Waals surface area contributed by atoms with Gasteiger partial charge in [0.25, 0.3) is 0 Å². The Morgan fingerprint density at radius 3 is 3.00 bits per heavy atom. The topological polar surface area (TPSA) is 46.0 Å². The van der Waals surface area contributed by atoms with Gasteiger partial charge in [0.15, 0.2) is 0 Å². The summed E-state index contributed by atoms with van der Waals surface area (Å²) in [5, 5.41) is 2.28. The van der Waals surface area contributed by atoms with Gasteiger partial charge >= 0.3 is 5.63 Å². The Morgan fingerprint density at radius 1 is 1.12 bits per heavy atom. The van der Waals surface area contributed by atoms with Gasteiger partial charge in [0.2, 0.25) is 0 Å². The van der Waals surface area contributed by atoms with Gasteiger partial charge in [-0.25, -0.2) is 4.79 Å². The van der Waals surface area contributed by atoms with E-state index in [1.165, 1.54) is 29.1 Å². The summed E-state index contributed by atoms with van der Waals surface area (Å²) in [6, 6.07) is 7.23. The second kappa shape index (κ2) is 3.00. The van der Waals surface area contributed by atoms with E-state index in [1.807, 2.05) is 18.2 Å². The molecule has 0 saturated heterocycles. The van der Waals surface area contributed by atoms with Crippen LogP contribution in [0.15, 0.2) is 33.5 Å². The Balaban J connectivity index is 2.26. The number of nitrogens with one attached hydrogen (secondary N) is 1. The Labute approximate surface area is 97.1 Å². The Kier molecular flexibility index (Phi) is 1.60. The normalized spacial score (nSPS) is 14.6. The summed E-state index contributed by atoms with van der Waals surface area (Å²) in [6.07, 6.45) is 3.46. The highest BCUT2D eigenvalue weighted by Gasteiger charge is 2.18. The first-order valence-corrected chi connectivity index (χ1v) is 5.89. The van der Waals surface area contributed by atoms with E-state index in [4.69, 9.17) is 4.42 Å². The van der Waals surface area contributed by atoms with Gasteiger partial charge in [-0.1, -0.05) is 0 Å². The summed E-state index contributed by atoms with van der Waals surface area (Å²) >= 11 is 0. The van der Waals surface area contributed by atoms with Crippen LogP contribution in [0.3, 0.4) is 0 Å². The molecule has 1 aliphatic rings. The molecule has 3 nitrogen and oxygen atoms in total. The Bertz CT molecular complexity index is 795. The lowest BCUT2D eigenvalue weighted by molar-refractivity contribution is 0.561. The van der Waals surface area contributed by atoms with Crippen molar-refractivity contribution in [1.29, 1.82) is 0 Å². The first-order valence-electron chi connectivity index (χ1n) is 5.89. The maximum absolute atomic E-state index is 11.2. The minimum Gasteiger partial charge on any atom is -0.423 e. The summed E-state index contributed by atoms with van der Waals surface area (Å²) in [5.41, 5.74) is 4.29. The third-order valence-corrected chi connectivity index (χ3v) is 3.61. The molecule has 3 heteroatoms. The molecule has 2 aromatic heterocycles. The number of hydrogen-bond acceptors (Lipinski definition) is 2. The minimum absolute atomic E-state index is 0.288. The first kappa shape index (κ1) is 9.05. The van der Waals surface area contributed by atoms with Crippen molar-refractivity contribution in [3.63, 3.8) is 0 Å². The standard InChI is InChI=1S/C14H11NO2/c16-13-7-4-9-12(17-13)6-5-11-14(9)8-2-1-3-10(8)15-11/h4-7,15H,1-3H2. The average molecular weight is 225 g/mol. The molecule has 17 heavy (non-hydrogen) atoms. The van der Waals surface area contributed by atoms with Crippen LogP contribution in [0.1, 0.15) is 17.7 Å². The van der Waals surface area contributed by atoms with Crippen LogP contribution in [0.25, 0.3) is 21.9 Å². The summed E-state index contributed by atoms with van der Waals surface area (Å²) in [7, 11) is 0. The maximum Gasteiger partial charge on any atom is 0.336 e. The monoisotopic (exact) mass is 225 g/mol. The van der Waals surface area contributed by atoms with Crippen LogP contribution in [-0.4, -0.2) is 4.98 Å². The van der Waals surface area contributed by atoms with E-state index in [0.29, 0.717) is 5.58 Å². The van der Waals surface area contributed by atoms with Crippen LogP contribution >= 0.6 is 0 Å². The lowest BCUT2D eigenvalue weighted by atomic mass is 10.1. The van der Waals surface area contributed by atoms with Crippen LogP contribution in [0.4, 0.5) is 0 Å². The second-order valence-electron chi connectivity index (χ2n) is 4.59. The average Bonchev–Trinajstić information content (AvgIpc) is 2.88. The molecule has 0 aliphatic heterocycles. The molecule has 0 spiro atoms. The minimum atomic E-state index is -0.288. The van der Waals surface area contributed by atoms with E-state index >= 15 is 0 Å². The molecule has 0 fully saturated rings. The van der Waals surface area contributed by atoms with Gasteiger partial charge in [-0.3, -0.25) is 0 Å². The molecule has 2 heterocycles. The molecule has 0 radical (unpaired) electrons. The molecule has 0 saturated carbocycles. The molecule has 3 aromatic rings. The molecule has 1 N–H and O–H groups in total. The zero-order valence-electron chi connectivity index (χ0n) is 9.25. The third-order valence-electron chi connectivity index (χ3n) is 3.61. The molecule has 4 rings (SSSR count). The predicted octanol–water partition coefficient (Wildman–Crippen LogP) is 2.76. The van der Waals surface area contributed by atoms with Crippen molar-refractivity contribution in [3.05, 3.63) is 45.9 Å². The largest absolute Gasteiger partial charge is 0.423 e. The number of aromatic nitrogens is 1. The van der Waals surface area contributed by atoms with E-state index < -0.39 is 0 Å². The quantitative estimate of drug-likeness (QED) is 0.598. The van der Waals surface area contributed by atoms with Gasteiger partial charge < -0.3 is 9.40 Å². The van der Waals surface area contributed by atoms with Crippen molar-refractivity contribution < 1.29 is 4.42 Å². The second-order valence-corrected chi connectivity index (χ2v) is 4.59. The molecule has 84 valence electrons. The van der Waals surface area contributed by atoms with Crippen LogP contribution in [0.5, 0.6) is 0 Å². The van der Waals surface area contributed by atoms with Gasteiger partial charge in [-0.2, -0.15) is 0 Å². The van der Waals surface area contributed by atoms with E-state index in [1.54, 1.807) is 0 Å². The van der Waals surface area contributed by atoms with Crippen LogP contribution in [0, 0.1) is 0 Å². The SMILES string of the molecule is O=c1ccc2c(ccc3[nH]c4c(c32)CCC4)o1.